The summed E-state index contributed by atoms with van der Waals surface area (Å²) in [6.07, 6.45) is 5.21. The van der Waals surface area contributed by atoms with Gasteiger partial charge >= 0.3 is 0 Å². The number of hydrogen-bond donors (Lipinski definition) is 0. The molecule has 0 saturated heterocycles. The largest absolute Gasteiger partial charge is 0.493 e. The molecule has 1 unspecified atom stereocenters. The highest BCUT2D eigenvalue weighted by Gasteiger charge is 2.21. The van der Waals surface area contributed by atoms with Crippen LogP contribution in [0.3, 0.4) is 0 Å². The maximum Gasteiger partial charge on any atom is 0.223 e. The minimum absolute atomic E-state index is 0.230. The molecular weight excluding hydrogens is 314 g/mol. The van der Waals surface area contributed by atoms with Gasteiger partial charge in [0.15, 0.2) is 11.5 Å². The molecule has 0 aromatic heterocycles. The first-order chi connectivity index (χ1) is 11.9. The predicted molar refractivity (Wildman–Crippen MR) is 103 cm³/mol. The van der Waals surface area contributed by atoms with Crippen LogP contribution in [0.4, 0.5) is 0 Å². The molecule has 0 aliphatic carbocycles. The monoisotopic (exact) mass is 349 g/mol. The number of hydrogen-bond acceptors (Lipinski definition) is 3. The van der Waals surface area contributed by atoms with Crippen LogP contribution >= 0.6 is 0 Å². The van der Waals surface area contributed by atoms with Gasteiger partial charge in [0.05, 0.1) is 14.2 Å². The van der Waals surface area contributed by atoms with E-state index in [4.69, 9.17) is 9.47 Å². The van der Waals surface area contributed by atoms with E-state index < -0.39 is 0 Å². The molecule has 0 radical (unpaired) electrons. The van der Waals surface area contributed by atoms with Crippen molar-refractivity contribution < 1.29 is 14.3 Å². The molecule has 0 N–H and O–H groups in total. The Morgan fingerprint density at radius 1 is 1.08 bits per heavy atom. The maximum atomic E-state index is 12.8. The fourth-order valence-electron chi connectivity index (χ4n) is 2.98. The van der Waals surface area contributed by atoms with E-state index in [1.54, 1.807) is 14.2 Å². The van der Waals surface area contributed by atoms with E-state index in [1.165, 1.54) is 12.8 Å². The Labute approximate surface area is 153 Å². The van der Waals surface area contributed by atoms with E-state index in [0.29, 0.717) is 30.4 Å². The number of nitrogens with zero attached hydrogens (tertiary/aromatic N) is 1. The van der Waals surface area contributed by atoms with Gasteiger partial charge in [0.25, 0.3) is 0 Å². The summed E-state index contributed by atoms with van der Waals surface area (Å²) in [6.45, 7) is 9.16. The number of amides is 1. The lowest BCUT2D eigenvalue weighted by Gasteiger charge is -2.30. The molecule has 4 nitrogen and oxygen atoms in total. The molecule has 1 aromatic carbocycles. The SMILES string of the molecule is CCCCCC(C)N(Cc1ccc(OC)c(OC)c1)C(=O)CC(C)C. The first kappa shape index (κ1) is 21.3. The van der Waals surface area contributed by atoms with Gasteiger partial charge in [0, 0.05) is 19.0 Å². The summed E-state index contributed by atoms with van der Waals surface area (Å²) in [4.78, 5) is 14.8. The standard InChI is InChI=1S/C21H35NO3/c1-7-8-9-10-17(4)22(21(23)13-16(2)3)15-18-11-12-19(24-5)20(14-18)25-6/h11-12,14,16-17H,7-10,13,15H2,1-6H3. The third kappa shape index (κ3) is 6.97. The van der Waals surface area contributed by atoms with Crippen molar-refractivity contribution in [2.45, 2.75) is 72.4 Å². The van der Waals surface area contributed by atoms with E-state index >= 15 is 0 Å². The lowest BCUT2D eigenvalue weighted by molar-refractivity contribution is -0.134. The summed E-state index contributed by atoms with van der Waals surface area (Å²) in [7, 11) is 3.27. The second kappa shape index (κ2) is 11.0. The Kier molecular flexibility index (Phi) is 9.40. The van der Waals surface area contributed by atoms with E-state index in [0.717, 1.165) is 18.4 Å². The zero-order valence-corrected chi connectivity index (χ0v) is 16.8. The lowest BCUT2D eigenvalue weighted by Crippen LogP contribution is -2.38. The molecule has 0 aliphatic heterocycles. The highest BCUT2D eigenvalue weighted by atomic mass is 16.5. The molecule has 1 atom stereocenters. The average Bonchev–Trinajstić information content (AvgIpc) is 2.58. The molecule has 1 aromatic rings. The number of benzene rings is 1. The van der Waals surface area contributed by atoms with Crippen molar-refractivity contribution in [3.63, 3.8) is 0 Å². The second-order valence-electron chi connectivity index (χ2n) is 7.15. The van der Waals surface area contributed by atoms with Crippen LogP contribution in [0.25, 0.3) is 0 Å². The Hall–Kier alpha value is -1.71. The van der Waals surface area contributed by atoms with Gasteiger partial charge in [0.1, 0.15) is 0 Å². The van der Waals surface area contributed by atoms with Gasteiger partial charge in [-0.25, -0.2) is 0 Å². The van der Waals surface area contributed by atoms with Gasteiger partial charge in [-0.1, -0.05) is 46.1 Å². The number of carbonyl (C=O) groups excluding carboxylic acids is 1. The maximum absolute atomic E-state index is 12.8. The van der Waals surface area contributed by atoms with Crippen molar-refractivity contribution in [1.82, 2.24) is 4.90 Å². The summed E-state index contributed by atoms with van der Waals surface area (Å²) in [5.74, 6) is 2.01. The van der Waals surface area contributed by atoms with Crippen LogP contribution in [0.2, 0.25) is 0 Å². The van der Waals surface area contributed by atoms with Crippen LogP contribution in [0.5, 0.6) is 11.5 Å². The number of methoxy groups -OCH3 is 2. The summed E-state index contributed by atoms with van der Waals surface area (Å²) in [5, 5.41) is 0. The Balaban J connectivity index is 2.93. The molecule has 25 heavy (non-hydrogen) atoms. The average molecular weight is 350 g/mol. The van der Waals surface area contributed by atoms with Crippen molar-refractivity contribution in [3.05, 3.63) is 23.8 Å². The van der Waals surface area contributed by atoms with E-state index in [2.05, 4.69) is 27.7 Å². The van der Waals surface area contributed by atoms with Crippen LogP contribution in [-0.2, 0) is 11.3 Å². The smallest absolute Gasteiger partial charge is 0.223 e. The number of unbranched alkanes of at least 4 members (excludes halogenated alkanes) is 2. The van der Waals surface area contributed by atoms with Gasteiger partial charge in [-0.3, -0.25) is 4.79 Å². The minimum Gasteiger partial charge on any atom is -0.493 e. The molecule has 1 rings (SSSR count). The van der Waals surface area contributed by atoms with E-state index in [9.17, 15) is 4.79 Å². The highest BCUT2D eigenvalue weighted by molar-refractivity contribution is 5.76. The third-order valence-corrected chi connectivity index (χ3v) is 4.46. The van der Waals surface area contributed by atoms with Gasteiger partial charge in [-0.05, 0) is 37.0 Å². The molecule has 0 saturated carbocycles. The number of ether oxygens (including phenoxy) is 2. The lowest BCUT2D eigenvalue weighted by atomic mass is 10.0. The molecule has 1 amide bonds. The third-order valence-electron chi connectivity index (χ3n) is 4.46. The molecule has 0 bridgehead atoms. The Morgan fingerprint density at radius 2 is 1.76 bits per heavy atom. The van der Waals surface area contributed by atoms with Crippen LogP contribution in [0.1, 0.15) is 65.4 Å². The Morgan fingerprint density at radius 3 is 2.32 bits per heavy atom. The molecule has 0 spiro atoms. The molecule has 142 valence electrons. The van der Waals surface area contributed by atoms with Crippen LogP contribution in [0, 0.1) is 5.92 Å². The zero-order valence-electron chi connectivity index (χ0n) is 16.8. The normalized spacial score (nSPS) is 12.1. The first-order valence-electron chi connectivity index (χ1n) is 9.43. The van der Waals surface area contributed by atoms with E-state index in [1.807, 2.05) is 23.1 Å². The van der Waals surface area contributed by atoms with Crippen molar-refractivity contribution in [2.75, 3.05) is 14.2 Å². The van der Waals surface area contributed by atoms with Gasteiger partial charge in [0.2, 0.25) is 5.91 Å². The summed E-state index contributed by atoms with van der Waals surface area (Å²) < 4.78 is 10.7. The first-order valence-corrected chi connectivity index (χ1v) is 9.43. The van der Waals surface area contributed by atoms with Crippen molar-refractivity contribution in [3.8, 4) is 11.5 Å². The van der Waals surface area contributed by atoms with Crippen LogP contribution in [0.15, 0.2) is 18.2 Å². The van der Waals surface area contributed by atoms with Gasteiger partial charge < -0.3 is 14.4 Å². The summed E-state index contributed by atoms with van der Waals surface area (Å²) in [6, 6.07) is 6.12. The second-order valence-corrected chi connectivity index (χ2v) is 7.15. The summed E-state index contributed by atoms with van der Waals surface area (Å²) >= 11 is 0. The van der Waals surface area contributed by atoms with Gasteiger partial charge in [-0.2, -0.15) is 0 Å². The number of rotatable bonds is 11. The van der Waals surface area contributed by atoms with Gasteiger partial charge in [-0.15, -0.1) is 0 Å². The minimum atomic E-state index is 0.230. The quantitative estimate of drug-likeness (QED) is 0.525. The zero-order chi connectivity index (χ0) is 18.8. The van der Waals surface area contributed by atoms with Crippen LogP contribution in [-0.4, -0.2) is 31.1 Å². The van der Waals surface area contributed by atoms with E-state index in [-0.39, 0.29) is 11.9 Å². The fraction of sp³-hybridized carbons (Fsp3) is 0.667. The molecular formula is C21H35NO3. The summed E-state index contributed by atoms with van der Waals surface area (Å²) in [5.41, 5.74) is 1.07. The molecule has 0 aliphatic rings. The van der Waals surface area contributed by atoms with Crippen LogP contribution < -0.4 is 9.47 Å². The van der Waals surface area contributed by atoms with Crippen molar-refractivity contribution >= 4 is 5.91 Å². The molecule has 4 heteroatoms. The Bertz CT molecular complexity index is 528. The molecule has 0 fully saturated rings. The number of carbonyl (C=O) groups is 1. The molecule has 0 heterocycles. The van der Waals surface area contributed by atoms with Crippen molar-refractivity contribution in [2.24, 2.45) is 5.92 Å². The topological polar surface area (TPSA) is 38.8 Å². The highest BCUT2D eigenvalue weighted by Crippen LogP contribution is 2.28. The predicted octanol–water partition coefficient (Wildman–Crippen LogP) is 5.05. The van der Waals surface area contributed by atoms with Crippen molar-refractivity contribution in [1.29, 1.82) is 0 Å². The fourth-order valence-corrected chi connectivity index (χ4v) is 2.98.